The Morgan fingerprint density at radius 3 is 2.59 bits per heavy atom. The van der Waals surface area contributed by atoms with Gasteiger partial charge in [-0.15, -0.1) is 0 Å². The molecule has 27 heavy (non-hydrogen) atoms. The van der Waals surface area contributed by atoms with Crippen molar-refractivity contribution in [1.82, 2.24) is 24.6 Å². The van der Waals surface area contributed by atoms with Gasteiger partial charge in [0, 0.05) is 43.3 Å². The lowest BCUT2D eigenvalue weighted by atomic mass is 9.84. The Balaban J connectivity index is 1.50. The minimum absolute atomic E-state index is 0.746. The SMILES string of the molecule is CN(Cc1ncc[nH]1)Cc1cn(C)nc1-c1ccc(C2CCCCC2)cc1. The number of aromatic nitrogens is 4. The first-order chi connectivity index (χ1) is 13.2. The van der Waals surface area contributed by atoms with Crippen LogP contribution in [0.15, 0.2) is 42.9 Å². The summed E-state index contributed by atoms with van der Waals surface area (Å²) in [7, 11) is 4.11. The van der Waals surface area contributed by atoms with Crippen LogP contribution in [-0.4, -0.2) is 31.7 Å². The van der Waals surface area contributed by atoms with Crippen LogP contribution in [0.4, 0.5) is 0 Å². The molecule has 5 nitrogen and oxygen atoms in total. The number of aryl methyl sites for hydroxylation is 1. The lowest BCUT2D eigenvalue weighted by molar-refractivity contribution is 0.312. The second-order valence-corrected chi connectivity index (χ2v) is 7.84. The molecule has 1 N–H and O–H groups in total. The summed E-state index contributed by atoms with van der Waals surface area (Å²) in [6, 6.07) is 9.14. The maximum atomic E-state index is 4.74. The minimum atomic E-state index is 0.746. The standard InChI is InChI=1S/C22H29N5/c1-26(16-21-23-12-13-24-21)14-20-15-27(2)25-22(20)19-10-8-18(9-11-19)17-6-4-3-5-7-17/h8-13,15,17H,3-7,14,16H2,1-2H3,(H,23,24). The van der Waals surface area contributed by atoms with Gasteiger partial charge in [0.1, 0.15) is 5.82 Å². The molecule has 1 aliphatic carbocycles. The van der Waals surface area contributed by atoms with Crippen molar-refractivity contribution in [3.05, 3.63) is 59.8 Å². The molecule has 2 aromatic heterocycles. The van der Waals surface area contributed by atoms with Gasteiger partial charge in [0.15, 0.2) is 0 Å². The topological polar surface area (TPSA) is 49.7 Å². The van der Waals surface area contributed by atoms with Crippen molar-refractivity contribution in [2.75, 3.05) is 7.05 Å². The van der Waals surface area contributed by atoms with Gasteiger partial charge in [0.25, 0.3) is 0 Å². The van der Waals surface area contributed by atoms with Crippen molar-refractivity contribution in [1.29, 1.82) is 0 Å². The third-order valence-electron chi connectivity index (χ3n) is 5.58. The molecule has 0 bridgehead atoms. The largest absolute Gasteiger partial charge is 0.348 e. The summed E-state index contributed by atoms with van der Waals surface area (Å²) in [6.45, 7) is 1.64. The van der Waals surface area contributed by atoms with Crippen LogP contribution in [0.5, 0.6) is 0 Å². The molecular formula is C22H29N5. The molecule has 0 atom stereocenters. The molecule has 1 aromatic carbocycles. The average Bonchev–Trinajstić information content (AvgIpc) is 3.32. The number of H-pyrrole nitrogens is 1. The fraction of sp³-hybridized carbons (Fsp3) is 0.455. The Labute approximate surface area is 161 Å². The van der Waals surface area contributed by atoms with E-state index in [-0.39, 0.29) is 0 Å². The minimum Gasteiger partial charge on any atom is -0.348 e. The van der Waals surface area contributed by atoms with Crippen LogP contribution >= 0.6 is 0 Å². The third kappa shape index (κ3) is 4.30. The number of hydrogen-bond donors (Lipinski definition) is 1. The Morgan fingerprint density at radius 1 is 1.11 bits per heavy atom. The molecule has 1 aliphatic rings. The smallest absolute Gasteiger partial charge is 0.120 e. The van der Waals surface area contributed by atoms with Gasteiger partial charge in [0.2, 0.25) is 0 Å². The maximum Gasteiger partial charge on any atom is 0.120 e. The van der Waals surface area contributed by atoms with Gasteiger partial charge < -0.3 is 4.98 Å². The number of imidazole rings is 1. The molecule has 1 fully saturated rings. The van der Waals surface area contributed by atoms with Crippen LogP contribution < -0.4 is 0 Å². The van der Waals surface area contributed by atoms with Gasteiger partial charge in [0.05, 0.1) is 12.2 Å². The van der Waals surface area contributed by atoms with Crippen LogP contribution in [0, 0.1) is 0 Å². The predicted molar refractivity (Wildman–Crippen MR) is 108 cm³/mol. The second-order valence-electron chi connectivity index (χ2n) is 7.84. The van der Waals surface area contributed by atoms with E-state index in [1.807, 2.05) is 17.9 Å². The second kappa shape index (κ2) is 8.09. The molecule has 2 heterocycles. The molecule has 0 unspecified atom stereocenters. The number of benzene rings is 1. The Morgan fingerprint density at radius 2 is 1.89 bits per heavy atom. The van der Waals surface area contributed by atoms with E-state index in [4.69, 9.17) is 5.10 Å². The molecule has 0 aliphatic heterocycles. The summed E-state index contributed by atoms with van der Waals surface area (Å²) >= 11 is 0. The van der Waals surface area contributed by atoms with E-state index in [2.05, 4.69) is 52.4 Å². The molecule has 0 radical (unpaired) electrons. The van der Waals surface area contributed by atoms with Crippen molar-refractivity contribution in [3.63, 3.8) is 0 Å². The van der Waals surface area contributed by atoms with Crippen LogP contribution in [0.3, 0.4) is 0 Å². The van der Waals surface area contributed by atoms with Gasteiger partial charge in [-0.1, -0.05) is 43.5 Å². The van der Waals surface area contributed by atoms with Crippen LogP contribution in [-0.2, 0) is 20.1 Å². The van der Waals surface area contributed by atoms with Crippen LogP contribution in [0.1, 0.15) is 55.0 Å². The number of hydrogen-bond acceptors (Lipinski definition) is 3. The Kier molecular flexibility index (Phi) is 5.39. The normalized spacial score (nSPS) is 15.5. The molecule has 142 valence electrons. The molecule has 3 aromatic rings. The summed E-state index contributed by atoms with van der Waals surface area (Å²) in [6.07, 6.45) is 12.6. The fourth-order valence-corrected chi connectivity index (χ4v) is 4.23. The van der Waals surface area contributed by atoms with Crippen LogP contribution in [0.25, 0.3) is 11.3 Å². The lowest BCUT2D eigenvalue weighted by Crippen LogP contribution is -2.18. The van der Waals surface area contributed by atoms with Gasteiger partial charge in [-0.25, -0.2) is 4.98 Å². The molecule has 5 heteroatoms. The predicted octanol–water partition coefficient (Wildman–Crippen LogP) is 4.49. The summed E-state index contributed by atoms with van der Waals surface area (Å²) in [4.78, 5) is 9.75. The van der Waals surface area contributed by atoms with E-state index in [0.29, 0.717) is 0 Å². The summed E-state index contributed by atoms with van der Waals surface area (Å²) in [5, 5.41) is 4.74. The number of rotatable bonds is 6. The van der Waals surface area contributed by atoms with Crippen molar-refractivity contribution in [2.24, 2.45) is 7.05 Å². The van der Waals surface area contributed by atoms with Crippen molar-refractivity contribution in [3.8, 4) is 11.3 Å². The first-order valence-electron chi connectivity index (χ1n) is 9.98. The number of nitrogens with zero attached hydrogens (tertiary/aromatic N) is 4. The lowest BCUT2D eigenvalue weighted by Gasteiger charge is -2.22. The molecule has 1 saturated carbocycles. The van der Waals surface area contributed by atoms with Crippen molar-refractivity contribution >= 4 is 0 Å². The van der Waals surface area contributed by atoms with Gasteiger partial charge in [-0.2, -0.15) is 5.10 Å². The Bertz CT molecular complexity index is 841. The highest BCUT2D eigenvalue weighted by molar-refractivity contribution is 5.63. The quantitative estimate of drug-likeness (QED) is 0.702. The zero-order valence-corrected chi connectivity index (χ0v) is 16.4. The molecular weight excluding hydrogens is 334 g/mol. The van der Waals surface area contributed by atoms with E-state index >= 15 is 0 Å². The van der Waals surface area contributed by atoms with Gasteiger partial charge in [-0.3, -0.25) is 9.58 Å². The summed E-state index contributed by atoms with van der Waals surface area (Å²) in [5.74, 6) is 1.73. The first kappa shape index (κ1) is 18.0. The maximum absolute atomic E-state index is 4.74. The molecule has 4 rings (SSSR count). The average molecular weight is 364 g/mol. The van der Waals surface area contributed by atoms with Gasteiger partial charge in [-0.05, 0) is 31.4 Å². The molecule has 0 saturated heterocycles. The fourth-order valence-electron chi connectivity index (χ4n) is 4.23. The summed E-state index contributed by atoms with van der Waals surface area (Å²) < 4.78 is 1.92. The molecule has 0 spiro atoms. The Hall–Kier alpha value is -2.40. The highest BCUT2D eigenvalue weighted by atomic mass is 15.3. The van der Waals surface area contributed by atoms with E-state index in [1.54, 1.807) is 6.20 Å². The highest BCUT2D eigenvalue weighted by Gasteiger charge is 2.17. The molecule has 0 amide bonds. The van der Waals surface area contributed by atoms with Crippen molar-refractivity contribution in [2.45, 2.75) is 51.1 Å². The van der Waals surface area contributed by atoms with Gasteiger partial charge >= 0.3 is 0 Å². The zero-order valence-electron chi connectivity index (χ0n) is 16.4. The van der Waals surface area contributed by atoms with Crippen LogP contribution in [0.2, 0.25) is 0 Å². The number of nitrogens with one attached hydrogen (secondary N) is 1. The summed E-state index contributed by atoms with van der Waals surface area (Å²) in [5.41, 5.74) is 5.03. The zero-order chi connectivity index (χ0) is 18.6. The third-order valence-corrected chi connectivity index (χ3v) is 5.58. The van der Waals surface area contributed by atoms with E-state index in [9.17, 15) is 0 Å². The van der Waals surface area contributed by atoms with E-state index in [0.717, 1.165) is 30.5 Å². The first-order valence-corrected chi connectivity index (χ1v) is 9.98. The monoisotopic (exact) mass is 363 g/mol. The number of aromatic amines is 1. The van der Waals surface area contributed by atoms with E-state index in [1.165, 1.54) is 48.8 Å². The van der Waals surface area contributed by atoms with Crippen molar-refractivity contribution < 1.29 is 0 Å². The van der Waals surface area contributed by atoms with E-state index < -0.39 is 0 Å². The highest BCUT2D eigenvalue weighted by Crippen LogP contribution is 2.33.